The summed E-state index contributed by atoms with van der Waals surface area (Å²) >= 11 is 0. The highest BCUT2D eigenvalue weighted by molar-refractivity contribution is 5.94. The number of anilines is 1. The second-order valence-corrected chi connectivity index (χ2v) is 6.38. The Labute approximate surface area is 163 Å². The van der Waals surface area contributed by atoms with Gasteiger partial charge in [0.25, 0.3) is 5.91 Å². The van der Waals surface area contributed by atoms with Crippen LogP contribution in [0.5, 0.6) is 0 Å². The number of amides is 1. The Morgan fingerprint density at radius 3 is 2.69 bits per heavy atom. The number of hydrogen-bond acceptors (Lipinski definition) is 8. The van der Waals surface area contributed by atoms with Gasteiger partial charge in [-0.2, -0.15) is 4.80 Å². The van der Waals surface area contributed by atoms with Crippen LogP contribution < -0.4 is 4.90 Å². The summed E-state index contributed by atoms with van der Waals surface area (Å²) in [5.41, 5.74) is 0.317. The predicted octanol–water partition coefficient (Wildman–Crippen LogP) is 0.514. The van der Waals surface area contributed by atoms with E-state index in [0.717, 1.165) is 4.80 Å². The molecular formula is C17H16FN7O4. The molecular weight excluding hydrogens is 385 g/mol. The van der Waals surface area contributed by atoms with Gasteiger partial charge in [-0.15, -0.1) is 10.2 Å². The van der Waals surface area contributed by atoms with E-state index in [-0.39, 0.29) is 17.5 Å². The maximum atomic E-state index is 13.3. The van der Waals surface area contributed by atoms with Gasteiger partial charge < -0.3 is 19.4 Å². The lowest BCUT2D eigenvalue weighted by molar-refractivity contribution is -0.138. The average molecular weight is 401 g/mol. The number of hydrogen-bond donors (Lipinski definition) is 1. The Morgan fingerprint density at radius 1 is 1.17 bits per heavy atom. The Bertz CT molecular complexity index is 1040. The van der Waals surface area contributed by atoms with Crippen molar-refractivity contribution in [1.82, 2.24) is 30.3 Å². The quantitative estimate of drug-likeness (QED) is 0.650. The number of carboxylic acid groups (broad SMARTS) is 1. The van der Waals surface area contributed by atoms with E-state index in [0.29, 0.717) is 37.6 Å². The predicted molar refractivity (Wildman–Crippen MR) is 95.5 cm³/mol. The summed E-state index contributed by atoms with van der Waals surface area (Å²) in [6, 6.07) is 7.25. The first kappa shape index (κ1) is 18.5. The van der Waals surface area contributed by atoms with Crippen LogP contribution in [0, 0.1) is 5.82 Å². The third kappa shape index (κ3) is 4.05. The molecule has 0 saturated carbocycles. The van der Waals surface area contributed by atoms with E-state index in [4.69, 9.17) is 9.63 Å². The van der Waals surface area contributed by atoms with E-state index in [9.17, 15) is 14.0 Å². The minimum atomic E-state index is -1.09. The van der Waals surface area contributed by atoms with E-state index in [2.05, 4.69) is 20.6 Å². The maximum absolute atomic E-state index is 13.3. The molecule has 1 N–H and O–H groups in total. The minimum Gasteiger partial charge on any atom is -0.480 e. The molecule has 1 aromatic carbocycles. The molecule has 0 spiro atoms. The van der Waals surface area contributed by atoms with Crippen LogP contribution in [0.15, 0.2) is 34.9 Å². The van der Waals surface area contributed by atoms with E-state index in [1.54, 1.807) is 17.0 Å². The SMILES string of the molecule is O=C(O)Cn1nnc(-c2cc(N3CCN(C(=O)c4cccc(F)c4)CC3)no2)n1. The molecule has 150 valence electrons. The molecule has 12 heteroatoms. The first-order chi connectivity index (χ1) is 14.0. The lowest BCUT2D eigenvalue weighted by Crippen LogP contribution is -2.48. The van der Waals surface area contributed by atoms with Gasteiger partial charge in [0, 0.05) is 37.8 Å². The van der Waals surface area contributed by atoms with Gasteiger partial charge in [0.15, 0.2) is 12.4 Å². The van der Waals surface area contributed by atoms with Gasteiger partial charge >= 0.3 is 5.97 Å². The highest BCUT2D eigenvalue weighted by atomic mass is 19.1. The molecule has 1 aliphatic rings. The lowest BCUT2D eigenvalue weighted by Gasteiger charge is -2.34. The zero-order chi connectivity index (χ0) is 20.4. The number of benzene rings is 1. The zero-order valence-electron chi connectivity index (χ0n) is 15.1. The molecule has 2 aromatic heterocycles. The van der Waals surface area contributed by atoms with Gasteiger partial charge in [-0.1, -0.05) is 11.2 Å². The molecule has 0 bridgehead atoms. The maximum Gasteiger partial charge on any atom is 0.327 e. The average Bonchev–Trinajstić information content (AvgIpc) is 3.37. The number of nitrogens with zero attached hydrogens (tertiary/aromatic N) is 7. The van der Waals surface area contributed by atoms with Crippen LogP contribution in [-0.2, 0) is 11.3 Å². The first-order valence-electron chi connectivity index (χ1n) is 8.76. The van der Waals surface area contributed by atoms with Crippen LogP contribution in [0.1, 0.15) is 10.4 Å². The fraction of sp³-hybridized carbons (Fsp3) is 0.294. The zero-order valence-corrected chi connectivity index (χ0v) is 15.1. The smallest absolute Gasteiger partial charge is 0.327 e. The molecule has 29 heavy (non-hydrogen) atoms. The van der Waals surface area contributed by atoms with Gasteiger partial charge in [0.2, 0.25) is 11.6 Å². The van der Waals surface area contributed by atoms with Crippen LogP contribution in [-0.4, -0.2) is 73.4 Å². The molecule has 3 heterocycles. The highest BCUT2D eigenvalue weighted by Crippen LogP contribution is 2.22. The fourth-order valence-corrected chi connectivity index (χ4v) is 2.99. The summed E-state index contributed by atoms with van der Waals surface area (Å²) in [5.74, 6) is -0.812. The Morgan fingerprint density at radius 2 is 1.97 bits per heavy atom. The van der Waals surface area contributed by atoms with Crippen LogP contribution in [0.25, 0.3) is 11.6 Å². The number of aromatic nitrogens is 5. The highest BCUT2D eigenvalue weighted by Gasteiger charge is 2.25. The largest absolute Gasteiger partial charge is 0.480 e. The summed E-state index contributed by atoms with van der Waals surface area (Å²) in [5, 5.41) is 24.1. The molecule has 1 amide bonds. The van der Waals surface area contributed by atoms with Crippen molar-refractivity contribution < 1.29 is 23.6 Å². The monoisotopic (exact) mass is 401 g/mol. The summed E-state index contributed by atoms with van der Waals surface area (Å²) in [7, 11) is 0. The normalized spacial score (nSPS) is 14.2. The van der Waals surface area contributed by atoms with E-state index in [1.807, 2.05) is 4.90 Å². The number of carboxylic acids is 1. The standard InChI is InChI=1S/C17H16FN7O4/c18-12-3-1-2-11(8-12)17(28)24-6-4-23(5-7-24)14-9-13(29-21-14)16-19-22-25(20-16)10-15(26)27/h1-3,8-9H,4-7,10H2,(H,26,27). The number of halogens is 1. The van der Waals surface area contributed by atoms with Gasteiger partial charge in [0.1, 0.15) is 5.82 Å². The number of aliphatic carboxylic acids is 1. The summed E-state index contributed by atoms with van der Waals surface area (Å²) in [6.07, 6.45) is 0. The second-order valence-electron chi connectivity index (χ2n) is 6.38. The summed E-state index contributed by atoms with van der Waals surface area (Å²) < 4.78 is 18.6. The molecule has 0 unspecified atom stereocenters. The lowest BCUT2D eigenvalue weighted by atomic mass is 10.1. The van der Waals surface area contributed by atoms with E-state index in [1.165, 1.54) is 18.2 Å². The van der Waals surface area contributed by atoms with Crippen molar-refractivity contribution >= 4 is 17.7 Å². The molecule has 0 atom stereocenters. The van der Waals surface area contributed by atoms with Crippen LogP contribution >= 0.6 is 0 Å². The van der Waals surface area contributed by atoms with Gasteiger partial charge in [-0.25, -0.2) is 4.39 Å². The number of tetrazole rings is 1. The van der Waals surface area contributed by atoms with Crippen LogP contribution in [0.3, 0.4) is 0 Å². The second kappa shape index (κ2) is 7.66. The number of carbonyl (C=O) groups is 2. The van der Waals surface area contributed by atoms with Crippen molar-refractivity contribution in [1.29, 1.82) is 0 Å². The molecule has 4 rings (SSSR count). The molecule has 11 nitrogen and oxygen atoms in total. The topological polar surface area (TPSA) is 130 Å². The first-order valence-corrected chi connectivity index (χ1v) is 8.76. The summed E-state index contributed by atoms with van der Waals surface area (Å²) in [6.45, 7) is 1.53. The molecule has 1 aliphatic heterocycles. The Balaban J connectivity index is 1.38. The van der Waals surface area contributed by atoms with Crippen molar-refractivity contribution in [2.24, 2.45) is 0 Å². The number of rotatable bonds is 5. The molecule has 1 fully saturated rings. The third-order valence-electron chi connectivity index (χ3n) is 4.41. The van der Waals surface area contributed by atoms with Crippen molar-refractivity contribution in [3.8, 4) is 11.6 Å². The number of carbonyl (C=O) groups excluding carboxylic acids is 1. The molecule has 3 aromatic rings. The van der Waals surface area contributed by atoms with Crippen LogP contribution in [0.2, 0.25) is 0 Å². The molecule has 1 saturated heterocycles. The van der Waals surface area contributed by atoms with Crippen LogP contribution in [0.4, 0.5) is 10.2 Å². The van der Waals surface area contributed by atoms with Crippen molar-refractivity contribution in [2.75, 3.05) is 31.1 Å². The van der Waals surface area contributed by atoms with Gasteiger partial charge in [-0.05, 0) is 23.4 Å². The fourth-order valence-electron chi connectivity index (χ4n) is 2.99. The van der Waals surface area contributed by atoms with Gasteiger partial charge in [0.05, 0.1) is 0 Å². The number of piperazine rings is 1. The van der Waals surface area contributed by atoms with Gasteiger partial charge in [-0.3, -0.25) is 9.59 Å². The van der Waals surface area contributed by atoms with E-state index < -0.39 is 18.3 Å². The summed E-state index contributed by atoms with van der Waals surface area (Å²) in [4.78, 5) is 27.7. The Kier molecular flexibility index (Phi) is 4.89. The van der Waals surface area contributed by atoms with E-state index >= 15 is 0 Å². The minimum absolute atomic E-state index is 0.130. The third-order valence-corrected chi connectivity index (χ3v) is 4.41. The van der Waals surface area contributed by atoms with Crippen molar-refractivity contribution in [3.63, 3.8) is 0 Å². The molecule has 0 aliphatic carbocycles. The Hall–Kier alpha value is -3.83. The molecule has 0 radical (unpaired) electrons. The van der Waals surface area contributed by atoms with Crippen molar-refractivity contribution in [3.05, 3.63) is 41.7 Å². The van der Waals surface area contributed by atoms with Crippen molar-refractivity contribution in [2.45, 2.75) is 6.54 Å².